The Morgan fingerprint density at radius 3 is 2.58 bits per heavy atom. The molecule has 0 saturated carbocycles. The van der Waals surface area contributed by atoms with Crippen LogP contribution in [0.15, 0.2) is 6.20 Å². The number of hydrogen-bond acceptors (Lipinski definition) is 5. The van der Waals surface area contributed by atoms with E-state index in [9.17, 15) is 5.11 Å². The van der Waals surface area contributed by atoms with Gasteiger partial charge in [0.1, 0.15) is 0 Å². The predicted octanol–water partition coefficient (Wildman–Crippen LogP) is 0.406. The molecule has 1 N–H and O–H groups in total. The number of likely N-dealkylation sites (N-methyl/N-ethyl adjacent to an activating group) is 1. The van der Waals surface area contributed by atoms with Gasteiger partial charge < -0.3 is 14.9 Å². The number of nitrogens with zero attached hydrogens (tertiary/aromatic N) is 5. The maximum absolute atomic E-state index is 9.84. The number of aryl methyl sites for hydroxylation is 2. The molecular formula is C18H33N5O. The Morgan fingerprint density at radius 2 is 1.88 bits per heavy atom. The van der Waals surface area contributed by atoms with Crippen LogP contribution in [0.25, 0.3) is 0 Å². The molecule has 0 amide bonds. The van der Waals surface area contributed by atoms with E-state index in [4.69, 9.17) is 0 Å². The van der Waals surface area contributed by atoms with E-state index in [-0.39, 0.29) is 0 Å². The normalized spacial score (nSPS) is 27.7. The Morgan fingerprint density at radius 1 is 1.08 bits per heavy atom. The number of likely N-dealkylation sites (tertiary alicyclic amines) is 1. The van der Waals surface area contributed by atoms with Gasteiger partial charge in [-0.15, -0.1) is 0 Å². The lowest BCUT2D eigenvalue weighted by Gasteiger charge is -2.26. The van der Waals surface area contributed by atoms with Crippen LogP contribution in [0.1, 0.15) is 17.7 Å². The Labute approximate surface area is 146 Å². The smallest absolute Gasteiger partial charge is 0.0638 e. The van der Waals surface area contributed by atoms with E-state index >= 15 is 0 Å². The topological polar surface area (TPSA) is 47.8 Å². The van der Waals surface area contributed by atoms with Crippen molar-refractivity contribution in [2.24, 2.45) is 18.9 Å². The van der Waals surface area contributed by atoms with Crippen LogP contribution in [0.3, 0.4) is 0 Å². The van der Waals surface area contributed by atoms with E-state index in [1.807, 2.05) is 11.7 Å². The summed E-state index contributed by atoms with van der Waals surface area (Å²) >= 11 is 0. The van der Waals surface area contributed by atoms with Gasteiger partial charge in [0.2, 0.25) is 0 Å². The summed E-state index contributed by atoms with van der Waals surface area (Å²) in [6, 6.07) is 0. The standard InChI is InChI=1S/C18H33N5O/c1-15-16(9-21(3)19-15)10-23-12-17(18(13-23)14-24)11-22-6-4-5-20(2)7-8-22/h9,17-18,24H,4-8,10-14H2,1-3H3. The largest absolute Gasteiger partial charge is 0.396 e. The van der Waals surface area contributed by atoms with Gasteiger partial charge in [0.15, 0.2) is 0 Å². The second kappa shape index (κ2) is 7.95. The van der Waals surface area contributed by atoms with E-state index in [2.05, 4.69) is 40.0 Å². The lowest BCUT2D eigenvalue weighted by Crippen LogP contribution is -2.36. The zero-order chi connectivity index (χ0) is 17.1. The molecule has 1 aromatic heterocycles. The third-order valence-electron chi connectivity index (χ3n) is 5.70. The Hall–Kier alpha value is -0.950. The summed E-state index contributed by atoms with van der Waals surface area (Å²) in [7, 11) is 4.20. The molecule has 2 unspecified atom stereocenters. The first-order chi connectivity index (χ1) is 11.5. The molecule has 2 saturated heterocycles. The molecule has 2 aliphatic rings. The van der Waals surface area contributed by atoms with E-state index < -0.39 is 0 Å². The number of hydrogen-bond donors (Lipinski definition) is 1. The summed E-state index contributed by atoms with van der Waals surface area (Å²) in [6.45, 7) is 11.3. The predicted molar refractivity (Wildman–Crippen MR) is 95.8 cm³/mol. The Bertz CT molecular complexity index is 531. The van der Waals surface area contributed by atoms with Crippen molar-refractivity contribution in [2.75, 3.05) is 59.5 Å². The van der Waals surface area contributed by atoms with E-state index in [0.29, 0.717) is 18.4 Å². The molecule has 3 rings (SSSR count). The number of rotatable bonds is 5. The molecule has 2 fully saturated rings. The average molecular weight is 335 g/mol. The second-order valence-electron chi connectivity index (χ2n) is 7.77. The molecule has 2 atom stereocenters. The lowest BCUT2D eigenvalue weighted by atomic mass is 9.96. The van der Waals surface area contributed by atoms with Crippen molar-refractivity contribution < 1.29 is 5.11 Å². The van der Waals surface area contributed by atoms with Gasteiger partial charge in [0, 0.05) is 64.7 Å². The third-order valence-corrected chi connectivity index (χ3v) is 5.70. The summed E-state index contributed by atoms with van der Waals surface area (Å²) in [5.74, 6) is 0.985. The summed E-state index contributed by atoms with van der Waals surface area (Å²) in [4.78, 5) is 7.53. The van der Waals surface area contributed by atoms with Crippen molar-refractivity contribution in [1.82, 2.24) is 24.5 Å². The number of aliphatic hydroxyl groups excluding tert-OH is 1. The fourth-order valence-electron chi connectivity index (χ4n) is 4.24. The molecule has 0 bridgehead atoms. The molecule has 2 aliphatic heterocycles. The molecule has 0 spiro atoms. The summed E-state index contributed by atoms with van der Waals surface area (Å²) in [6.07, 6.45) is 3.38. The highest BCUT2D eigenvalue weighted by molar-refractivity contribution is 5.15. The maximum atomic E-state index is 9.84. The van der Waals surface area contributed by atoms with Gasteiger partial charge in [0.25, 0.3) is 0 Å². The monoisotopic (exact) mass is 335 g/mol. The maximum Gasteiger partial charge on any atom is 0.0638 e. The molecule has 1 aromatic rings. The van der Waals surface area contributed by atoms with Crippen molar-refractivity contribution in [3.05, 3.63) is 17.5 Å². The highest BCUT2D eigenvalue weighted by atomic mass is 16.3. The fraction of sp³-hybridized carbons (Fsp3) is 0.833. The Balaban J connectivity index is 1.56. The van der Waals surface area contributed by atoms with Crippen molar-refractivity contribution >= 4 is 0 Å². The first-order valence-corrected chi connectivity index (χ1v) is 9.28. The molecule has 6 nitrogen and oxygen atoms in total. The van der Waals surface area contributed by atoms with Crippen LogP contribution in [0, 0.1) is 18.8 Å². The van der Waals surface area contributed by atoms with Gasteiger partial charge in [0.05, 0.1) is 5.69 Å². The highest BCUT2D eigenvalue weighted by Crippen LogP contribution is 2.26. The van der Waals surface area contributed by atoms with E-state index in [1.165, 1.54) is 25.1 Å². The number of aliphatic hydroxyl groups is 1. The molecule has 0 radical (unpaired) electrons. The van der Waals surface area contributed by atoms with Crippen LogP contribution in [0.5, 0.6) is 0 Å². The SMILES string of the molecule is Cc1nn(C)cc1CN1CC(CO)C(CN2CCCN(C)CC2)C1. The van der Waals surface area contributed by atoms with Gasteiger partial charge in [-0.2, -0.15) is 5.10 Å². The fourth-order valence-corrected chi connectivity index (χ4v) is 4.24. The van der Waals surface area contributed by atoms with Gasteiger partial charge in [-0.05, 0) is 45.3 Å². The van der Waals surface area contributed by atoms with Crippen LogP contribution >= 0.6 is 0 Å². The minimum absolute atomic E-state index is 0.306. The zero-order valence-corrected chi connectivity index (χ0v) is 15.5. The zero-order valence-electron chi connectivity index (χ0n) is 15.5. The quantitative estimate of drug-likeness (QED) is 0.844. The minimum atomic E-state index is 0.306. The van der Waals surface area contributed by atoms with Crippen LogP contribution in [0.4, 0.5) is 0 Å². The Kier molecular flexibility index (Phi) is 5.92. The van der Waals surface area contributed by atoms with Gasteiger partial charge >= 0.3 is 0 Å². The molecular weight excluding hydrogens is 302 g/mol. The van der Waals surface area contributed by atoms with Crippen LogP contribution in [-0.2, 0) is 13.6 Å². The minimum Gasteiger partial charge on any atom is -0.396 e. The first-order valence-electron chi connectivity index (χ1n) is 9.28. The van der Waals surface area contributed by atoms with Crippen molar-refractivity contribution in [3.8, 4) is 0 Å². The highest BCUT2D eigenvalue weighted by Gasteiger charge is 2.33. The van der Waals surface area contributed by atoms with Crippen LogP contribution < -0.4 is 0 Å². The molecule has 0 aromatic carbocycles. The molecule has 0 aliphatic carbocycles. The second-order valence-corrected chi connectivity index (χ2v) is 7.77. The summed E-state index contributed by atoms with van der Waals surface area (Å²) in [5, 5.41) is 14.3. The van der Waals surface area contributed by atoms with E-state index in [1.54, 1.807) is 0 Å². The van der Waals surface area contributed by atoms with Crippen molar-refractivity contribution in [1.29, 1.82) is 0 Å². The molecule has 24 heavy (non-hydrogen) atoms. The molecule has 3 heterocycles. The first kappa shape index (κ1) is 17.9. The van der Waals surface area contributed by atoms with Crippen LogP contribution in [-0.4, -0.2) is 89.1 Å². The van der Waals surface area contributed by atoms with Gasteiger partial charge in [-0.25, -0.2) is 0 Å². The number of aromatic nitrogens is 2. The molecule has 136 valence electrons. The van der Waals surface area contributed by atoms with Crippen LogP contribution in [0.2, 0.25) is 0 Å². The van der Waals surface area contributed by atoms with Crippen molar-refractivity contribution in [3.63, 3.8) is 0 Å². The van der Waals surface area contributed by atoms with Gasteiger partial charge in [-0.1, -0.05) is 0 Å². The summed E-state index contributed by atoms with van der Waals surface area (Å²) in [5.41, 5.74) is 2.43. The third kappa shape index (κ3) is 4.36. The van der Waals surface area contributed by atoms with Gasteiger partial charge in [-0.3, -0.25) is 9.58 Å². The average Bonchev–Trinajstić information content (AvgIpc) is 2.99. The lowest BCUT2D eigenvalue weighted by molar-refractivity contribution is 0.165. The summed E-state index contributed by atoms with van der Waals surface area (Å²) < 4.78 is 1.90. The van der Waals surface area contributed by atoms with Crippen molar-refractivity contribution in [2.45, 2.75) is 19.9 Å². The molecule has 6 heteroatoms. The van der Waals surface area contributed by atoms with E-state index in [0.717, 1.165) is 45.0 Å².